The van der Waals surface area contributed by atoms with Crippen LogP contribution in [-0.4, -0.2) is 14.8 Å². The molecule has 0 saturated carbocycles. The van der Waals surface area contributed by atoms with Gasteiger partial charge in [0, 0.05) is 12.6 Å². The Morgan fingerprint density at radius 1 is 1.47 bits per heavy atom. The Kier molecular flexibility index (Phi) is 2.50. The second-order valence-corrected chi connectivity index (χ2v) is 3.08. The van der Waals surface area contributed by atoms with Gasteiger partial charge in [0.05, 0.1) is 0 Å². The zero-order chi connectivity index (χ0) is 10.7. The number of aryl methyl sites for hydroxylation is 1. The maximum atomic E-state index is 8.80. The van der Waals surface area contributed by atoms with Crippen LogP contribution in [0.4, 0.5) is 0 Å². The van der Waals surface area contributed by atoms with E-state index in [1.807, 2.05) is 19.2 Å². The van der Waals surface area contributed by atoms with Gasteiger partial charge < -0.3 is 8.98 Å². The lowest BCUT2D eigenvalue weighted by Gasteiger charge is -1.98. The molecule has 2 aromatic heterocycles. The maximum absolute atomic E-state index is 8.80. The first-order chi connectivity index (χ1) is 7.33. The third kappa shape index (κ3) is 1.89. The molecular weight excluding hydrogens is 192 g/mol. The van der Waals surface area contributed by atoms with Crippen molar-refractivity contribution in [2.75, 3.05) is 0 Å². The van der Waals surface area contributed by atoms with E-state index in [0.29, 0.717) is 24.0 Å². The molecule has 0 amide bonds. The van der Waals surface area contributed by atoms with Crippen LogP contribution in [0.15, 0.2) is 22.7 Å². The minimum atomic E-state index is 0.447. The zero-order valence-corrected chi connectivity index (χ0v) is 8.34. The third-order valence-corrected chi connectivity index (χ3v) is 2.06. The first-order valence-corrected chi connectivity index (χ1v) is 4.70. The molecule has 0 bridgehead atoms. The Balaban J connectivity index is 2.19. The molecule has 0 fully saturated rings. The first kappa shape index (κ1) is 9.46. The molecule has 2 heterocycles. The fourth-order valence-corrected chi connectivity index (χ4v) is 1.29. The summed E-state index contributed by atoms with van der Waals surface area (Å²) in [5.41, 5.74) is 0.589. The van der Waals surface area contributed by atoms with Gasteiger partial charge in [0.15, 0.2) is 0 Å². The van der Waals surface area contributed by atoms with E-state index in [2.05, 4.69) is 16.3 Å². The molecule has 0 atom stereocenters. The van der Waals surface area contributed by atoms with Gasteiger partial charge in [-0.05, 0) is 12.1 Å². The fraction of sp³-hybridized carbons (Fsp3) is 0.300. The molecule has 0 aliphatic heterocycles. The smallest absolute Gasteiger partial charge is 0.236 e. The van der Waals surface area contributed by atoms with Crippen LogP contribution in [0.25, 0.3) is 0 Å². The second kappa shape index (κ2) is 3.96. The molecule has 0 aromatic carbocycles. The second-order valence-electron chi connectivity index (χ2n) is 3.08. The molecule has 0 aliphatic carbocycles. The van der Waals surface area contributed by atoms with Crippen molar-refractivity contribution >= 4 is 0 Å². The van der Waals surface area contributed by atoms with Crippen LogP contribution in [-0.2, 0) is 13.0 Å². The van der Waals surface area contributed by atoms with Crippen LogP contribution in [0.3, 0.4) is 0 Å². The Hall–Kier alpha value is -2.09. The minimum absolute atomic E-state index is 0.447. The lowest BCUT2D eigenvalue weighted by Crippen LogP contribution is -2.00. The molecule has 76 valence electrons. The maximum Gasteiger partial charge on any atom is 0.236 e. The predicted octanol–water partition coefficient (Wildman–Crippen LogP) is 1.35. The monoisotopic (exact) mass is 202 g/mol. The summed E-state index contributed by atoms with van der Waals surface area (Å²) >= 11 is 0. The highest BCUT2D eigenvalue weighted by atomic mass is 16.4. The van der Waals surface area contributed by atoms with Crippen molar-refractivity contribution in [2.45, 2.75) is 19.9 Å². The molecule has 5 nitrogen and oxygen atoms in total. The van der Waals surface area contributed by atoms with Gasteiger partial charge in [0.1, 0.15) is 18.3 Å². The molecule has 5 heteroatoms. The van der Waals surface area contributed by atoms with Crippen molar-refractivity contribution < 1.29 is 4.42 Å². The van der Waals surface area contributed by atoms with Crippen molar-refractivity contribution in [3.05, 3.63) is 35.8 Å². The van der Waals surface area contributed by atoms with E-state index in [0.717, 1.165) is 6.42 Å². The van der Waals surface area contributed by atoms with E-state index in [1.54, 1.807) is 10.6 Å². The van der Waals surface area contributed by atoms with E-state index in [4.69, 9.17) is 9.68 Å². The molecule has 0 N–H and O–H groups in total. The van der Waals surface area contributed by atoms with Gasteiger partial charge in [-0.15, -0.1) is 10.2 Å². The number of nitrogens with zero attached hydrogens (tertiary/aromatic N) is 4. The van der Waals surface area contributed by atoms with Crippen LogP contribution < -0.4 is 0 Å². The van der Waals surface area contributed by atoms with Crippen LogP contribution >= 0.6 is 0 Å². The summed E-state index contributed by atoms with van der Waals surface area (Å²) in [6.45, 7) is 2.40. The van der Waals surface area contributed by atoms with Crippen molar-refractivity contribution in [3.63, 3.8) is 0 Å². The Morgan fingerprint density at radius 3 is 2.93 bits per heavy atom. The molecule has 0 spiro atoms. The molecule has 0 unspecified atom stereocenters. The van der Waals surface area contributed by atoms with Gasteiger partial charge in [-0.1, -0.05) is 6.92 Å². The van der Waals surface area contributed by atoms with E-state index >= 15 is 0 Å². The fourth-order valence-electron chi connectivity index (χ4n) is 1.29. The van der Waals surface area contributed by atoms with Gasteiger partial charge >= 0.3 is 0 Å². The molecule has 0 aliphatic rings. The SMILES string of the molecule is CCc1nnc(Cn2cccc2C#N)o1. The molecule has 2 aromatic rings. The summed E-state index contributed by atoms with van der Waals surface area (Å²) in [7, 11) is 0. The Morgan fingerprint density at radius 2 is 2.27 bits per heavy atom. The summed E-state index contributed by atoms with van der Waals surface area (Å²) in [4.78, 5) is 0. The molecule has 0 saturated heterocycles. The summed E-state index contributed by atoms with van der Waals surface area (Å²) in [5.74, 6) is 1.15. The predicted molar refractivity (Wildman–Crippen MR) is 51.9 cm³/mol. The van der Waals surface area contributed by atoms with Crippen LogP contribution in [0.5, 0.6) is 0 Å². The van der Waals surface area contributed by atoms with Crippen molar-refractivity contribution in [1.82, 2.24) is 14.8 Å². The number of aromatic nitrogens is 3. The van der Waals surface area contributed by atoms with E-state index in [9.17, 15) is 0 Å². The average Bonchev–Trinajstić information content (AvgIpc) is 2.87. The molecule has 0 radical (unpaired) electrons. The van der Waals surface area contributed by atoms with Crippen molar-refractivity contribution in [3.8, 4) is 6.07 Å². The lowest BCUT2D eigenvalue weighted by atomic mass is 10.4. The highest BCUT2D eigenvalue weighted by molar-refractivity contribution is 5.22. The number of hydrogen-bond acceptors (Lipinski definition) is 4. The summed E-state index contributed by atoms with van der Waals surface area (Å²) in [6, 6.07) is 5.65. The lowest BCUT2D eigenvalue weighted by molar-refractivity contribution is 0.442. The van der Waals surface area contributed by atoms with E-state index in [1.165, 1.54) is 0 Å². The van der Waals surface area contributed by atoms with Crippen LogP contribution in [0.1, 0.15) is 24.4 Å². The van der Waals surface area contributed by atoms with Gasteiger partial charge in [-0.3, -0.25) is 0 Å². The largest absolute Gasteiger partial charge is 0.423 e. The van der Waals surface area contributed by atoms with E-state index in [-0.39, 0.29) is 0 Å². The van der Waals surface area contributed by atoms with Gasteiger partial charge in [-0.25, -0.2) is 0 Å². The minimum Gasteiger partial charge on any atom is -0.423 e. The normalized spacial score (nSPS) is 10.1. The van der Waals surface area contributed by atoms with Crippen molar-refractivity contribution in [2.24, 2.45) is 0 Å². The topological polar surface area (TPSA) is 67.6 Å². The number of nitriles is 1. The van der Waals surface area contributed by atoms with Crippen LogP contribution in [0.2, 0.25) is 0 Å². The van der Waals surface area contributed by atoms with Gasteiger partial charge in [0.25, 0.3) is 0 Å². The summed E-state index contributed by atoms with van der Waals surface area (Å²) in [5, 5.41) is 16.5. The van der Waals surface area contributed by atoms with Gasteiger partial charge in [0.2, 0.25) is 11.8 Å². The average molecular weight is 202 g/mol. The highest BCUT2D eigenvalue weighted by Crippen LogP contribution is 2.06. The Bertz CT molecular complexity index is 491. The molecular formula is C10H10N4O. The van der Waals surface area contributed by atoms with Crippen LogP contribution in [0, 0.1) is 11.3 Å². The number of rotatable bonds is 3. The van der Waals surface area contributed by atoms with Crippen molar-refractivity contribution in [1.29, 1.82) is 5.26 Å². The quantitative estimate of drug-likeness (QED) is 0.753. The standard InChI is InChI=1S/C10H10N4O/c1-2-9-12-13-10(15-9)7-14-5-3-4-8(14)6-11/h3-5H,2,7H2,1H3. The first-order valence-electron chi connectivity index (χ1n) is 4.70. The van der Waals surface area contributed by atoms with Gasteiger partial charge in [-0.2, -0.15) is 5.26 Å². The zero-order valence-electron chi connectivity index (χ0n) is 8.34. The summed E-state index contributed by atoms with van der Waals surface area (Å²) < 4.78 is 7.12. The number of hydrogen-bond donors (Lipinski definition) is 0. The third-order valence-electron chi connectivity index (χ3n) is 2.06. The Labute approximate surface area is 87.0 Å². The summed E-state index contributed by atoms with van der Waals surface area (Å²) in [6.07, 6.45) is 2.54. The molecule has 2 rings (SSSR count). The van der Waals surface area contributed by atoms with E-state index < -0.39 is 0 Å². The molecule has 15 heavy (non-hydrogen) atoms. The highest BCUT2D eigenvalue weighted by Gasteiger charge is 2.06.